The van der Waals surface area contributed by atoms with Crippen LogP contribution < -0.4 is 20.3 Å². The number of anilines is 1. The van der Waals surface area contributed by atoms with E-state index in [-0.39, 0.29) is 53.4 Å². The number of hydrogen-bond donors (Lipinski definition) is 2. The highest BCUT2D eigenvalue weighted by Crippen LogP contribution is 2.55. The molecule has 2 aromatic heterocycles. The molecular weight excluding hydrogens is 757 g/mol. The van der Waals surface area contributed by atoms with Crippen LogP contribution in [-0.4, -0.2) is 85.5 Å². The number of carbonyl (C=O) groups is 5. The number of ether oxygens (including phenoxy) is 1. The van der Waals surface area contributed by atoms with Gasteiger partial charge in [-0.3, -0.25) is 34.2 Å². The molecule has 0 spiro atoms. The Labute approximate surface area is 330 Å². The molecule has 3 aliphatic heterocycles. The third kappa shape index (κ3) is 6.59. The summed E-state index contributed by atoms with van der Waals surface area (Å²) in [5.41, 5.74) is 1.04. The summed E-state index contributed by atoms with van der Waals surface area (Å²) < 4.78 is 47.0. The van der Waals surface area contributed by atoms with Crippen molar-refractivity contribution >= 4 is 40.9 Å². The standard InChI is InChI=1S/C41H39F3N8O6/c1-39(2)36(40(3,4)37(39)58-30-17-15-28-47-48-38(41(42,43)44)52(28)49-30)46-32(54)24-12-10-22(11-13-24)8-9-23-18-20-50(21-19-23)26-7-5-6-25-31(26)35(57)51(34(25)56)27-14-16-29(53)45-33(27)55/h5-7,10-13,15,17,23,27,36-37H,14,16,18-21H2,1-4H3,(H,46,54)(H,45,53,55). The molecule has 5 amide bonds. The summed E-state index contributed by atoms with van der Waals surface area (Å²) >= 11 is 0. The maximum Gasteiger partial charge on any atom is 0.453 e. The summed E-state index contributed by atoms with van der Waals surface area (Å²) in [6, 6.07) is 13.5. The highest BCUT2D eigenvalue weighted by Gasteiger charge is 2.64. The first kappa shape index (κ1) is 38.6. The van der Waals surface area contributed by atoms with Gasteiger partial charge in [-0.05, 0) is 61.7 Å². The molecule has 4 aliphatic rings. The van der Waals surface area contributed by atoms with Crippen LogP contribution in [0.1, 0.15) is 95.8 Å². The Bertz CT molecular complexity index is 2430. The van der Waals surface area contributed by atoms with E-state index in [2.05, 4.69) is 42.7 Å². The molecule has 2 saturated heterocycles. The maximum atomic E-state index is 13.6. The lowest BCUT2D eigenvalue weighted by atomic mass is 9.49. The molecule has 14 nitrogen and oxygen atoms in total. The van der Waals surface area contributed by atoms with E-state index in [1.54, 1.807) is 42.5 Å². The van der Waals surface area contributed by atoms with Crippen molar-refractivity contribution in [3.8, 4) is 17.7 Å². The van der Waals surface area contributed by atoms with E-state index in [4.69, 9.17) is 4.74 Å². The monoisotopic (exact) mass is 796 g/mol. The Morgan fingerprint density at radius 3 is 2.29 bits per heavy atom. The number of rotatable bonds is 6. The lowest BCUT2D eigenvalue weighted by Crippen LogP contribution is -2.74. The number of aromatic nitrogens is 4. The Kier molecular flexibility index (Phi) is 9.28. The molecule has 0 bridgehead atoms. The second kappa shape index (κ2) is 14.0. The summed E-state index contributed by atoms with van der Waals surface area (Å²) in [7, 11) is 0. The van der Waals surface area contributed by atoms with Crippen LogP contribution in [0.5, 0.6) is 5.88 Å². The number of imide groups is 2. The normalized spacial score (nSPS) is 22.8. The molecule has 1 aliphatic carbocycles. The van der Waals surface area contributed by atoms with Crippen LogP contribution in [-0.2, 0) is 15.8 Å². The minimum Gasteiger partial charge on any atom is -0.472 e. The molecule has 3 fully saturated rings. The van der Waals surface area contributed by atoms with E-state index in [0.29, 0.717) is 41.7 Å². The zero-order chi connectivity index (χ0) is 41.3. The summed E-state index contributed by atoms with van der Waals surface area (Å²) in [4.78, 5) is 67.5. The smallest absolute Gasteiger partial charge is 0.453 e. The number of halogens is 3. The maximum absolute atomic E-state index is 13.6. The molecule has 300 valence electrons. The first-order valence-electron chi connectivity index (χ1n) is 18.9. The Hall–Kier alpha value is -6.31. The Morgan fingerprint density at radius 1 is 0.914 bits per heavy atom. The minimum atomic E-state index is -4.74. The van der Waals surface area contributed by atoms with Gasteiger partial charge in [0.25, 0.3) is 23.5 Å². The van der Waals surface area contributed by atoms with Crippen LogP contribution >= 0.6 is 0 Å². The van der Waals surface area contributed by atoms with Gasteiger partial charge in [-0.1, -0.05) is 45.6 Å². The summed E-state index contributed by atoms with van der Waals surface area (Å²) in [6.07, 6.45) is -3.67. The molecule has 0 radical (unpaired) electrons. The van der Waals surface area contributed by atoms with Crippen molar-refractivity contribution in [2.75, 3.05) is 18.0 Å². The van der Waals surface area contributed by atoms with Gasteiger partial charge >= 0.3 is 6.18 Å². The first-order valence-corrected chi connectivity index (χ1v) is 18.9. The molecule has 5 heterocycles. The fourth-order valence-corrected chi connectivity index (χ4v) is 9.06. The van der Waals surface area contributed by atoms with Crippen molar-refractivity contribution < 1.29 is 41.9 Å². The minimum absolute atomic E-state index is 0.0235. The van der Waals surface area contributed by atoms with Gasteiger partial charge in [0, 0.05) is 59.5 Å². The van der Waals surface area contributed by atoms with Gasteiger partial charge in [-0.15, -0.1) is 15.3 Å². The van der Waals surface area contributed by atoms with Crippen molar-refractivity contribution in [3.05, 3.63) is 82.7 Å². The fraction of sp³-hybridized carbons (Fsp3) is 0.415. The van der Waals surface area contributed by atoms with Gasteiger partial charge in [0.2, 0.25) is 17.7 Å². The van der Waals surface area contributed by atoms with E-state index in [0.717, 1.165) is 10.5 Å². The van der Waals surface area contributed by atoms with E-state index in [1.165, 1.54) is 12.1 Å². The highest BCUT2D eigenvalue weighted by atomic mass is 19.4. The second-order valence-electron chi connectivity index (χ2n) is 16.3. The topological polar surface area (TPSA) is 168 Å². The lowest BCUT2D eigenvalue weighted by molar-refractivity contribution is -0.166. The second-order valence-corrected chi connectivity index (χ2v) is 16.3. The number of amides is 5. The van der Waals surface area contributed by atoms with Crippen LogP contribution in [0.25, 0.3) is 5.65 Å². The molecule has 1 unspecified atom stereocenters. The number of nitrogens with one attached hydrogen (secondary N) is 2. The number of carbonyl (C=O) groups excluding carboxylic acids is 5. The molecule has 8 rings (SSSR count). The van der Waals surface area contributed by atoms with Crippen molar-refractivity contribution in [3.63, 3.8) is 0 Å². The third-order valence-electron chi connectivity index (χ3n) is 11.7. The van der Waals surface area contributed by atoms with Crippen molar-refractivity contribution in [1.82, 2.24) is 35.3 Å². The molecule has 58 heavy (non-hydrogen) atoms. The van der Waals surface area contributed by atoms with E-state index >= 15 is 0 Å². The number of fused-ring (bicyclic) bond motifs is 2. The molecule has 1 atom stereocenters. The van der Waals surface area contributed by atoms with Crippen LogP contribution in [0.2, 0.25) is 0 Å². The molecule has 2 N–H and O–H groups in total. The van der Waals surface area contributed by atoms with Gasteiger partial charge in [-0.2, -0.15) is 17.7 Å². The lowest BCUT2D eigenvalue weighted by Gasteiger charge is -2.62. The average molecular weight is 797 g/mol. The predicted octanol–water partition coefficient (Wildman–Crippen LogP) is 4.42. The number of piperidine rings is 2. The van der Waals surface area contributed by atoms with Crippen LogP contribution in [0, 0.1) is 28.6 Å². The van der Waals surface area contributed by atoms with E-state index < -0.39 is 58.6 Å². The van der Waals surface area contributed by atoms with E-state index in [1.807, 2.05) is 27.7 Å². The number of nitrogens with zero attached hydrogens (tertiary/aromatic N) is 6. The molecule has 4 aromatic rings. The Balaban J connectivity index is 0.868. The van der Waals surface area contributed by atoms with Gasteiger partial charge in [0.05, 0.1) is 16.8 Å². The largest absolute Gasteiger partial charge is 0.472 e. The SMILES string of the molecule is CC1(C)C(NC(=O)c2ccc(C#CC3CCN(c4cccc5c4C(=O)N(C4CCC(=O)NC4=O)C5=O)CC3)cc2)C(C)(C)C1Oc1ccc2nnc(C(F)(F)F)n2n1. The molecular formula is C41H39F3N8O6. The predicted molar refractivity (Wildman–Crippen MR) is 200 cm³/mol. The van der Waals surface area contributed by atoms with E-state index in [9.17, 15) is 37.1 Å². The molecule has 2 aromatic carbocycles. The molecule has 1 saturated carbocycles. The molecule has 17 heteroatoms. The average Bonchev–Trinajstić information content (AvgIpc) is 3.73. The summed E-state index contributed by atoms with van der Waals surface area (Å²) in [6.45, 7) is 8.86. The van der Waals surface area contributed by atoms with Crippen LogP contribution in [0.3, 0.4) is 0 Å². The number of alkyl halides is 3. The van der Waals surface area contributed by atoms with Crippen molar-refractivity contribution in [1.29, 1.82) is 0 Å². The quantitative estimate of drug-likeness (QED) is 0.211. The number of hydrogen-bond acceptors (Lipinski definition) is 10. The fourth-order valence-electron chi connectivity index (χ4n) is 9.06. The number of benzene rings is 2. The zero-order valence-electron chi connectivity index (χ0n) is 32.0. The third-order valence-corrected chi connectivity index (χ3v) is 11.7. The van der Waals surface area contributed by atoms with Crippen molar-refractivity contribution in [2.45, 2.75) is 77.7 Å². The van der Waals surface area contributed by atoms with Crippen LogP contribution in [0.4, 0.5) is 18.9 Å². The van der Waals surface area contributed by atoms with Crippen LogP contribution in [0.15, 0.2) is 54.6 Å². The van der Waals surface area contributed by atoms with Gasteiger partial charge in [0.15, 0.2) is 5.65 Å². The van der Waals surface area contributed by atoms with Gasteiger partial charge in [-0.25, -0.2) is 0 Å². The Morgan fingerprint density at radius 2 is 1.62 bits per heavy atom. The first-order chi connectivity index (χ1) is 27.4. The van der Waals surface area contributed by atoms with Crippen molar-refractivity contribution in [2.24, 2.45) is 16.7 Å². The summed E-state index contributed by atoms with van der Waals surface area (Å²) in [5.74, 6) is 2.92. The zero-order valence-corrected chi connectivity index (χ0v) is 32.0. The van der Waals surface area contributed by atoms with Gasteiger partial charge < -0.3 is 15.0 Å². The van der Waals surface area contributed by atoms with Gasteiger partial charge in [0.1, 0.15) is 12.1 Å². The highest BCUT2D eigenvalue weighted by molar-refractivity contribution is 6.25. The summed E-state index contributed by atoms with van der Waals surface area (Å²) in [5, 5.41) is 16.1.